The maximum atomic E-state index is 6.07. The normalized spacial score (nSPS) is 10.3. The van der Waals surface area contributed by atoms with E-state index in [1.54, 1.807) is 12.1 Å². The van der Waals surface area contributed by atoms with Gasteiger partial charge in [0.25, 0.3) is 5.22 Å². The van der Waals surface area contributed by atoms with Crippen molar-refractivity contribution in [3.63, 3.8) is 0 Å². The van der Waals surface area contributed by atoms with Crippen LogP contribution in [0.5, 0.6) is 0 Å². The van der Waals surface area contributed by atoms with Crippen LogP contribution in [0.25, 0.3) is 0 Å². The topological polar surface area (TPSA) is 64.9 Å². The van der Waals surface area contributed by atoms with Gasteiger partial charge in [0.1, 0.15) is 0 Å². The van der Waals surface area contributed by atoms with Gasteiger partial charge in [-0.05, 0) is 17.7 Å². The second-order valence-electron chi connectivity index (χ2n) is 3.49. The molecule has 0 aliphatic carbocycles. The number of rotatable bonds is 5. The van der Waals surface area contributed by atoms with Crippen molar-refractivity contribution < 1.29 is 16.8 Å². The van der Waals surface area contributed by atoms with Crippen molar-refractivity contribution in [3.05, 3.63) is 39.7 Å². The van der Waals surface area contributed by atoms with Crippen molar-refractivity contribution in [2.75, 3.05) is 6.54 Å². The summed E-state index contributed by atoms with van der Waals surface area (Å²) in [5, 5.41) is 9.56. The first kappa shape index (κ1) is 16.6. The number of nitrogens with zero attached hydrogens (tertiary/aromatic N) is 2. The molecule has 0 bridgehead atoms. The van der Waals surface area contributed by atoms with E-state index in [0.717, 1.165) is 5.56 Å². The molecular formula is C11H11Cl3N3OS-. The van der Waals surface area contributed by atoms with E-state index in [0.29, 0.717) is 39.9 Å². The third-order valence-corrected chi connectivity index (χ3v) is 3.76. The van der Waals surface area contributed by atoms with E-state index in [4.69, 9.17) is 33.4 Å². The highest BCUT2D eigenvalue weighted by Crippen LogP contribution is 2.30. The summed E-state index contributed by atoms with van der Waals surface area (Å²) in [7, 11) is 0. The van der Waals surface area contributed by atoms with E-state index in [1.807, 2.05) is 6.07 Å². The molecule has 0 saturated heterocycles. The van der Waals surface area contributed by atoms with Gasteiger partial charge in [-0.2, -0.15) is 0 Å². The summed E-state index contributed by atoms with van der Waals surface area (Å²) >= 11 is 13.5. The van der Waals surface area contributed by atoms with Crippen LogP contribution in [-0.2, 0) is 12.2 Å². The molecular weight excluding hydrogens is 329 g/mol. The fraction of sp³-hybridized carbons (Fsp3) is 0.273. The van der Waals surface area contributed by atoms with Gasteiger partial charge in [0, 0.05) is 28.8 Å². The molecule has 0 atom stereocenters. The summed E-state index contributed by atoms with van der Waals surface area (Å²) in [6, 6.07) is 5.42. The first-order chi connectivity index (χ1) is 8.70. The molecule has 1 heterocycles. The van der Waals surface area contributed by atoms with Crippen LogP contribution in [0.15, 0.2) is 27.8 Å². The second kappa shape index (κ2) is 7.97. The molecule has 0 saturated carbocycles. The minimum absolute atomic E-state index is 0. The summed E-state index contributed by atoms with van der Waals surface area (Å²) in [4.78, 5) is 0. The molecule has 1 aromatic heterocycles. The van der Waals surface area contributed by atoms with E-state index >= 15 is 0 Å². The van der Waals surface area contributed by atoms with E-state index in [2.05, 4.69) is 10.2 Å². The van der Waals surface area contributed by atoms with Gasteiger partial charge < -0.3 is 22.6 Å². The Labute approximate surface area is 131 Å². The minimum atomic E-state index is 0. The number of hydrogen-bond donors (Lipinski definition) is 1. The van der Waals surface area contributed by atoms with Gasteiger partial charge in [0.15, 0.2) is 0 Å². The summed E-state index contributed by atoms with van der Waals surface area (Å²) in [5.74, 6) is 1.13. The number of halogens is 3. The molecule has 2 aromatic rings. The van der Waals surface area contributed by atoms with Crippen LogP contribution < -0.4 is 18.1 Å². The Morgan fingerprint density at radius 2 is 1.89 bits per heavy atom. The van der Waals surface area contributed by atoms with Gasteiger partial charge in [0.2, 0.25) is 5.89 Å². The van der Waals surface area contributed by atoms with E-state index in [1.165, 1.54) is 11.8 Å². The number of hydrogen-bond acceptors (Lipinski definition) is 5. The zero-order chi connectivity index (χ0) is 13.0. The summed E-state index contributed by atoms with van der Waals surface area (Å²) < 4.78 is 5.40. The van der Waals surface area contributed by atoms with Crippen LogP contribution in [0.1, 0.15) is 11.5 Å². The smallest absolute Gasteiger partial charge is 0.276 e. The standard InChI is InChI=1S/C11H11Cl2N3OS.ClH/c12-8-2-1-3-9(13)7(8)6-18-11-16-15-10(17-11)4-5-14;/h1-3H,4-6,14H2;1H/p-1. The largest absolute Gasteiger partial charge is 1.00 e. The molecule has 2 N–H and O–H groups in total. The van der Waals surface area contributed by atoms with Gasteiger partial charge in [-0.25, -0.2) is 0 Å². The van der Waals surface area contributed by atoms with Crippen molar-refractivity contribution in [2.45, 2.75) is 17.4 Å². The van der Waals surface area contributed by atoms with Crippen molar-refractivity contribution in [2.24, 2.45) is 5.73 Å². The molecule has 4 nitrogen and oxygen atoms in total. The molecule has 0 spiro atoms. The Morgan fingerprint density at radius 1 is 1.21 bits per heavy atom. The van der Waals surface area contributed by atoms with Crippen LogP contribution in [-0.4, -0.2) is 16.7 Å². The molecule has 104 valence electrons. The lowest BCUT2D eigenvalue weighted by Crippen LogP contribution is -3.00. The van der Waals surface area contributed by atoms with Gasteiger partial charge in [-0.3, -0.25) is 0 Å². The number of aromatic nitrogens is 2. The van der Waals surface area contributed by atoms with Crippen molar-refractivity contribution in [1.82, 2.24) is 10.2 Å². The highest BCUT2D eigenvalue weighted by molar-refractivity contribution is 7.98. The Bertz CT molecular complexity index is 515. The summed E-state index contributed by atoms with van der Waals surface area (Å²) in [5.41, 5.74) is 6.27. The van der Waals surface area contributed by atoms with Crippen molar-refractivity contribution >= 4 is 35.0 Å². The molecule has 8 heteroatoms. The van der Waals surface area contributed by atoms with E-state index in [9.17, 15) is 0 Å². The molecule has 0 amide bonds. The number of nitrogens with two attached hydrogens (primary N) is 1. The van der Waals surface area contributed by atoms with Crippen LogP contribution in [0.3, 0.4) is 0 Å². The van der Waals surface area contributed by atoms with Gasteiger partial charge in [-0.1, -0.05) is 41.0 Å². The first-order valence-electron chi connectivity index (χ1n) is 5.29. The quantitative estimate of drug-likeness (QED) is 0.787. The fourth-order valence-electron chi connectivity index (χ4n) is 1.33. The van der Waals surface area contributed by atoms with Crippen LogP contribution >= 0.6 is 35.0 Å². The average molecular weight is 340 g/mol. The molecule has 19 heavy (non-hydrogen) atoms. The third kappa shape index (κ3) is 4.54. The molecule has 0 radical (unpaired) electrons. The lowest BCUT2D eigenvalue weighted by molar-refractivity contribution is -0.00000429. The molecule has 0 fully saturated rings. The predicted octanol–water partition coefficient (Wildman–Crippen LogP) is 0.174. The van der Waals surface area contributed by atoms with Gasteiger partial charge >= 0.3 is 0 Å². The maximum absolute atomic E-state index is 6.07. The van der Waals surface area contributed by atoms with Crippen molar-refractivity contribution in [3.8, 4) is 0 Å². The van der Waals surface area contributed by atoms with Crippen LogP contribution in [0.2, 0.25) is 10.0 Å². The zero-order valence-electron chi connectivity index (χ0n) is 9.78. The number of thioether (sulfide) groups is 1. The Morgan fingerprint density at radius 3 is 2.53 bits per heavy atom. The first-order valence-corrected chi connectivity index (χ1v) is 7.03. The average Bonchev–Trinajstić information content (AvgIpc) is 2.77. The van der Waals surface area contributed by atoms with E-state index < -0.39 is 0 Å². The maximum Gasteiger partial charge on any atom is 0.276 e. The van der Waals surface area contributed by atoms with Crippen LogP contribution in [0, 0.1) is 0 Å². The van der Waals surface area contributed by atoms with Crippen LogP contribution in [0.4, 0.5) is 0 Å². The van der Waals surface area contributed by atoms with E-state index in [-0.39, 0.29) is 12.4 Å². The molecule has 0 unspecified atom stereocenters. The predicted molar refractivity (Wildman–Crippen MR) is 73.1 cm³/mol. The van der Waals surface area contributed by atoms with Gasteiger partial charge in [0.05, 0.1) is 0 Å². The Balaban J connectivity index is 0.00000180. The number of benzene rings is 1. The van der Waals surface area contributed by atoms with Gasteiger partial charge in [-0.15, -0.1) is 10.2 Å². The SMILES string of the molecule is NCCc1nnc(SCc2c(Cl)cccc2Cl)o1.[Cl-]. The summed E-state index contributed by atoms with van der Waals surface area (Å²) in [6.07, 6.45) is 0.584. The van der Waals surface area contributed by atoms with Crippen molar-refractivity contribution in [1.29, 1.82) is 0 Å². The Hall–Kier alpha value is -0.460. The zero-order valence-corrected chi connectivity index (χ0v) is 12.9. The highest BCUT2D eigenvalue weighted by Gasteiger charge is 2.10. The molecule has 0 aliphatic heterocycles. The summed E-state index contributed by atoms with van der Waals surface area (Å²) in [6.45, 7) is 0.489. The molecule has 1 aromatic carbocycles. The monoisotopic (exact) mass is 338 g/mol. The minimum Gasteiger partial charge on any atom is -1.00 e. The second-order valence-corrected chi connectivity index (χ2v) is 5.23. The third-order valence-electron chi connectivity index (χ3n) is 2.21. The molecule has 2 rings (SSSR count). The lowest BCUT2D eigenvalue weighted by atomic mass is 10.2. The lowest BCUT2D eigenvalue weighted by Gasteiger charge is -2.03. The fourth-order valence-corrected chi connectivity index (χ4v) is 2.85. The Kier molecular flexibility index (Phi) is 6.96. The molecule has 0 aliphatic rings. The highest BCUT2D eigenvalue weighted by atomic mass is 35.5.